The zero-order chi connectivity index (χ0) is 17.1. The normalized spacial score (nSPS) is 16.9. The van der Waals surface area contributed by atoms with Crippen molar-refractivity contribution in [3.63, 3.8) is 0 Å². The van der Waals surface area contributed by atoms with Gasteiger partial charge < -0.3 is 10.6 Å². The molecule has 1 aliphatic rings. The highest BCUT2D eigenvalue weighted by Gasteiger charge is 2.43. The van der Waals surface area contributed by atoms with Gasteiger partial charge in [0.2, 0.25) is 11.8 Å². The highest BCUT2D eigenvalue weighted by Crippen LogP contribution is 2.42. The maximum Gasteiger partial charge on any atom is 0.231 e. The van der Waals surface area contributed by atoms with Crippen molar-refractivity contribution in [1.29, 1.82) is 0 Å². The van der Waals surface area contributed by atoms with Crippen molar-refractivity contribution in [2.75, 3.05) is 5.32 Å². The highest BCUT2D eigenvalue weighted by molar-refractivity contribution is 6.30. The number of benzene rings is 1. The van der Waals surface area contributed by atoms with E-state index in [2.05, 4.69) is 10.6 Å². The maximum absolute atomic E-state index is 12.8. The predicted octanol–water partition coefficient (Wildman–Crippen LogP) is 4.14. The second kappa shape index (κ2) is 6.91. The van der Waals surface area contributed by atoms with Crippen LogP contribution >= 0.6 is 11.6 Å². The maximum atomic E-state index is 12.8. The summed E-state index contributed by atoms with van der Waals surface area (Å²) in [5.41, 5.74) is -0.180. The molecule has 0 heterocycles. The van der Waals surface area contributed by atoms with E-state index in [4.69, 9.17) is 11.6 Å². The Labute approximate surface area is 143 Å². The molecule has 2 amide bonds. The Balaban J connectivity index is 2.08. The van der Waals surface area contributed by atoms with E-state index in [9.17, 15) is 9.59 Å². The molecule has 1 saturated carbocycles. The third-order valence-electron chi connectivity index (χ3n) is 4.16. The van der Waals surface area contributed by atoms with Gasteiger partial charge in [0.05, 0.1) is 5.41 Å². The van der Waals surface area contributed by atoms with Crippen molar-refractivity contribution in [1.82, 2.24) is 5.32 Å². The summed E-state index contributed by atoms with van der Waals surface area (Å²) in [7, 11) is 0. The van der Waals surface area contributed by atoms with Crippen LogP contribution in [0.4, 0.5) is 5.69 Å². The first kappa shape index (κ1) is 17.8. The molecule has 2 N–H and O–H groups in total. The fraction of sp³-hybridized carbons (Fsp3) is 0.556. The topological polar surface area (TPSA) is 58.2 Å². The van der Waals surface area contributed by atoms with Gasteiger partial charge in [-0.2, -0.15) is 0 Å². The number of rotatable bonds is 4. The zero-order valence-corrected chi connectivity index (χ0v) is 14.8. The molecule has 1 fully saturated rings. The molecule has 4 nitrogen and oxygen atoms in total. The lowest BCUT2D eigenvalue weighted by molar-refractivity contribution is -0.133. The summed E-state index contributed by atoms with van der Waals surface area (Å²) in [6, 6.07) is 7.03. The van der Waals surface area contributed by atoms with Crippen LogP contribution in [0.2, 0.25) is 5.02 Å². The van der Waals surface area contributed by atoms with E-state index in [1.165, 1.54) is 0 Å². The van der Waals surface area contributed by atoms with Crippen LogP contribution in [0.15, 0.2) is 24.3 Å². The molecule has 0 bridgehead atoms. The molecule has 0 spiro atoms. The fourth-order valence-corrected chi connectivity index (χ4v) is 3.23. The summed E-state index contributed by atoms with van der Waals surface area (Å²) in [5, 5.41) is 6.53. The third-order valence-corrected chi connectivity index (χ3v) is 4.41. The average molecular weight is 337 g/mol. The van der Waals surface area contributed by atoms with Crippen LogP contribution in [0, 0.1) is 5.41 Å². The molecule has 23 heavy (non-hydrogen) atoms. The second-order valence-electron chi connectivity index (χ2n) is 7.42. The molecule has 126 valence electrons. The van der Waals surface area contributed by atoms with Gasteiger partial charge in [0.1, 0.15) is 0 Å². The molecule has 0 unspecified atom stereocenters. The lowest BCUT2D eigenvalue weighted by Crippen LogP contribution is -2.45. The Kier molecular flexibility index (Phi) is 5.35. The molecule has 1 aliphatic carbocycles. The van der Waals surface area contributed by atoms with Gasteiger partial charge in [0.25, 0.3) is 0 Å². The lowest BCUT2D eigenvalue weighted by atomic mass is 9.81. The van der Waals surface area contributed by atoms with Gasteiger partial charge in [-0.15, -0.1) is 0 Å². The van der Waals surface area contributed by atoms with Gasteiger partial charge in [-0.25, -0.2) is 0 Å². The van der Waals surface area contributed by atoms with Gasteiger partial charge in [0, 0.05) is 22.7 Å². The van der Waals surface area contributed by atoms with Crippen LogP contribution in [0.25, 0.3) is 0 Å². The Morgan fingerprint density at radius 2 is 1.70 bits per heavy atom. The number of anilines is 1. The molecule has 2 rings (SSSR count). The van der Waals surface area contributed by atoms with Crippen LogP contribution in [0.1, 0.15) is 52.9 Å². The summed E-state index contributed by atoms with van der Waals surface area (Å²) in [6.45, 7) is 5.83. The van der Waals surface area contributed by atoms with E-state index in [0.29, 0.717) is 10.7 Å². The van der Waals surface area contributed by atoms with Crippen LogP contribution in [-0.4, -0.2) is 17.4 Å². The first-order valence-corrected chi connectivity index (χ1v) is 8.46. The average Bonchev–Trinajstić information content (AvgIpc) is 2.89. The van der Waals surface area contributed by atoms with Crippen molar-refractivity contribution in [2.45, 2.75) is 58.4 Å². The number of nitrogens with one attached hydrogen (secondary N) is 2. The number of hydrogen-bond donors (Lipinski definition) is 2. The summed E-state index contributed by atoms with van der Waals surface area (Å²) in [4.78, 5) is 25.1. The molecular formula is C18H25ClN2O2. The standard InChI is InChI=1S/C18H25ClN2O2/c1-17(2,3)21-15(22)12-18(10-4-5-11-18)16(23)20-14-8-6-13(19)7-9-14/h6-9H,4-5,10-12H2,1-3H3,(H,20,23)(H,21,22). The summed E-state index contributed by atoms with van der Waals surface area (Å²) >= 11 is 5.87. The van der Waals surface area contributed by atoms with Gasteiger partial charge in [-0.05, 0) is 57.9 Å². The fourth-order valence-electron chi connectivity index (χ4n) is 3.10. The Hall–Kier alpha value is -1.55. The molecule has 0 aromatic heterocycles. The minimum Gasteiger partial charge on any atom is -0.351 e. The van der Waals surface area contributed by atoms with E-state index < -0.39 is 5.41 Å². The molecule has 0 saturated heterocycles. The molecule has 1 aromatic carbocycles. The smallest absolute Gasteiger partial charge is 0.231 e. The van der Waals surface area contributed by atoms with E-state index in [0.717, 1.165) is 25.7 Å². The van der Waals surface area contributed by atoms with Gasteiger partial charge in [0.15, 0.2) is 0 Å². The number of carbonyl (C=O) groups is 2. The SMILES string of the molecule is CC(C)(C)NC(=O)CC1(C(=O)Nc2ccc(Cl)cc2)CCCC1. The molecule has 0 atom stereocenters. The first-order chi connectivity index (χ1) is 10.7. The number of carbonyl (C=O) groups excluding carboxylic acids is 2. The minimum absolute atomic E-state index is 0.0642. The summed E-state index contributed by atoms with van der Waals surface area (Å²) in [6.07, 6.45) is 3.71. The molecular weight excluding hydrogens is 312 g/mol. The van der Waals surface area contributed by atoms with Crippen LogP contribution in [0.5, 0.6) is 0 Å². The number of hydrogen-bond acceptors (Lipinski definition) is 2. The minimum atomic E-state index is -0.602. The van der Waals surface area contributed by atoms with E-state index in [1.807, 2.05) is 20.8 Å². The first-order valence-electron chi connectivity index (χ1n) is 8.08. The molecule has 0 aliphatic heterocycles. The largest absolute Gasteiger partial charge is 0.351 e. The molecule has 1 aromatic rings. The van der Waals surface area contributed by atoms with Crippen molar-refractivity contribution in [3.8, 4) is 0 Å². The van der Waals surface area contributed by atoms with Crippen molar-refractivity contribution in [3.05, 3.63) is 29.3 Å². The van der Waals surface area contributed by atoms with Gasteiger partial charge in [-0.1, -0.05) is 24.4 Å². The van der Waals surface area contributed by atoms with Gasteiger partial charge in [-0.3, -0.25) is 9.59 Å². The number of amides is 2. The summed E-state index contributed by atoms with van der Waals surface area (Å²) in [5.74, 6) is -0.132. The monoisotopic (exact) mass is 336 g/mol. The third kappa shape index (κ3) is 4.96. The lowest BCUT2D eigenvalue weighted by Gasteiger charge is -2.29. The molecule has 0 radical (unpaired) electrons. The highest BCUT2D eigenvalue weighted by atomic mass is 35.5. The zero-order valence-electron chi connectivity index (χ0n) is 14.0. The van der Waals surface area contributed by atoms with Crippen molar-refractivity contribution in [2.24, 2.45) is 5.41 Å². The quantitative estimate of drug-likeness (QED) is 0.868. The second-order valence-corrected chi connectivity index (χ2v) is 7.86. The van der Waals surface area contributed by atoms with E-state index in [1.54, 1.807) is 24.3 Å². The Bertz CT molecular complexity index is 570. The Morgan fingerprint density at radius 1 is 1.13 bits per heavy atom. The Morgan fingerprint density at radius 3 is 2.22 bits per heavy atom. The van der Waals surface area contributed by atoms with Crippen LogP contribution in [-0.2, 0) is 9.59 Å². The number of halogens is 1. The van der Waals surface area contributed by atoms with E-state index in [-0.39, 0.29) is 23.8 Å². The van der Waals surface area contributed by atoms with E-state index >= 15 is 0 Å². The summed E-state index contributed by atoms with van der Waals surface area (Å²) < 4.78 is 0. The van der Waals surface area contributed by atoms with Crippen LogP contribution in [0.3, 0.4) is 0 Å². The van der Waals surface area contributed by atoms with Crippen molar-refractivity contribution < 1.29 is 9.59 Å². The van der Waals surface area contributed by atoms with Crippen LogP contribution < -0.4 is 10.6 Å². The van der Waals surface area contributed by atoms with Gasteiger partial charge >= 0.3 is 0 Å². The predicted molar refractivity (Wildman–Crippen MR) is 93.5 cm³/mol. The van der Waals surface area contributed by atoms with Crippen molar-refractivity contribution >= 4 is 29.1 Å². The molecule has 5 heteroatoms.